The number of rotatable bonds is 8. The van der Waals surface area contributed by atoms with E-state index in [0.29, 0.717) is 12.3 Å². The number of sulfonamides is 1. The van der Waals surface area contributed by atoms with E-state index in [4.69, 9.17) is 14.3 Å². The molecule has 1 saturated heterocycles. The predicted octanol–water partition coefficient (Wildman–Crippen LogP) is 1.78. The molecule has 9 heteroatoms. The van der Waals surface area contributed by atoms with Crippen molar-refractivity contribution in [2.75, 3.05) is 32.7 Å². The first-order chi connectivity index (χ1) is 12.3. The van der Waals surface area contributed by atoms with Gasteiger partial charge in [0.05, 0.1) is 24.7 Å². The Hall–Kier alpha value is -1.52. The minimum absolute atomic E-state index is 0.0428. The number of anilines is 1. The van der Waals surface area contributed by atoms with Crippen LogP contribution in [0.15, 0.2) is 29.2 Å². The topological polar surface area (TPSA) is 94.2 Å². The van der Waals surface area contributed by atoms with E-state index in [1.807, 2.05) is 0 Å². The predicted molar refractivity (Wildman–Crippen MR) is 96.0 cm³/mol. The number of nitrogens with one attached hydrogen (secondary N) is 1. The highest BCUT2D eigenvalue weighted by atomic mass is 32.2. The zero-order chi connectivity index (χ0) is 19.2. The molecular weight excluding hydrogens is 360 g/mol. The first-order valence-corrected chi connectivity index (χ1v) is 9.95. The maximum absolute atomic E-state index is 12.2. The van der Waals surface area contributed by atoms with Gasteiger partial charge < -0.3 is 14.8 Å². The van der Waals surface area contributed by atoms with Crippen molar-refractivity contribution in [3.8, 4) is 0 Å². The molecule has 2 unspecified atom stereocenters. The van der Waals surface area contributed by atoms with Crippen molar-refractivity contribution in [3.63, 3.8) is 0 Å². The molecule has 0 aliphatic carbocycles. The molecule has 0 aromatic heterocycles. The molecule has 0 radical (unpaired) electrons. The van der Waals surface area contributed by atoms with Gasteiger partial charge in [0.1, 0.15) is 6.10 Å². The zero-order valence-electron chi connectivity index (χ0n) is 15.3. The minimum atomic E-state index is -3.71. The van der Waals surface area contributed by atoms with Crippen molar-refractivity contribution in [1.29, 1.82) is 0 Å². The van der Waals surface area contributed by atoms with E-state index in [0.717, 1.165) is 30.3 Å². The quantitative estimate of drug-likeness (QED) is 0.685. The van der Waals surface area contributed by atoms with Crippen molar-refractivity contribution in [2.45, 2.75) is 43.3 Å². The molecule has 1 N–H and O–H groups in total. The lowest BCUT2D eigenvalue weighted by Gasteiger charge is -2.23. The summed E-state index contributed by atoms with van der Waals surface area (Å²) in [4.78, 5) is 17.0. The monoisotopic (exact) mass is 386 g/mol. The number of amides is 1. The third-order valence-corrected chi connectivity index (χ3v) is 5.88. The number of ether oxygens (including phenoxy) is 2. The number of carbonyl (C=O) groups excluding carboxylic acids is 1. The third-order valence-electron chi connectivity index (χ3n) is 4.19. The van der Waals surface area contributed by atoms with Gasteiger partial charge in [0.25, 0.3) is 15.9 Å². The number of hydrogen-bond acceptors (Lipinski definition) is 6. The molecule has 1 fully saturated rings. The standard InChI is InChI=1S/C17H26N2O6S/c1-13(25-12-15-6-4-5-11-24-15)17(20)18-14-7-9-16(10-8-14)26(21,22)19(2)23-3/h7-10,13,15H,4-6,11-12H2,1-3H3,(H,18,20). The van der Waals surface area contributed by atoms with E-state index in [2.05, 4.69) is 5.32 Å². The summed E-state index contributed by atoms with van der Waals surface area (Å²) >= 11 is 0. The summed E-state index contributed by atoms with van der Waals surface area (Å²) in [5, 5.41) is 2.71. The molecule has 2 rings (SSSR count). The van der Waals surface area contributed by atoms with Gasteiger partial charge in [-0.2, -0.15) is 0 Å². The van der Waals surface area contributed by atoms with Gasteiger partial charge in [-0.3, -0.25) is 9.63 Å². The average molecular weight is 386 g/mol. The van der Waals surface area contributed by atoms with Crippen molar-refractivity contribution in [3.05, 3.63) is 24.3 Å². The van der Waals surface area contributed by atoms with Gasteiger partial charge in [0.15, 0.2) is 0 Å². The number of hydrogen-bond donors (Lipinski definition) is 1. The molecule has 8 nitrogen and oxygen atoms in total. The van der Waals surface area contributed by atoms with Crippen LogP contribution in [0.1, 0.15) is 26.2 Å². The van der Waals surface area contributed by atoms with Gasteiger partial charge in [0, 0.05) is 19.3 Å². The normalized spacial score (nSPS) is 19.3. The summed E-state index contributed by atoms with van der Waals surface area (Å²) in [7, 11) is -1.14. The first kappa shape index (κ1) is 20.8. The van der Waals surface area contributed by atoms with Crippen LogP contribution < -0.4 is 5.32 Å². The van der Waals surface area contributed by atoms with Crippen LogP contribution in [-0.4, -0.2) is 58.4 Å². The second-order valence-electron chi connectivity index (χ2n) is 6.08. The number of carbonyl (C=O) groups is 1. The van der Waals surface area contributed by atoms with Crippen LogP contribution in [0.4, 0.5) is 5.69 Å². The molecule has 1 aliphatic rings. The van der Waals surface area contributed by atoms with Gasteiger partial charge in [0.2, 0.25) is 0 Å². The molecule has 0 saturated carbocycles. The Morgan fingerprint density at radius 1 is 1.35 bits per heavy atom. The number of hydroxylamine groups is 1. The highest BCUT2D eigenvalue weighted by Gasteiger charge is 2.21. The summed E-state index contributed by atoms with van der Waals surface area (Å²) in [5.74, 6) is -0.301. The Bertz CT molecular complexity index is 686. The molecule has 1 aromatic carbocycles. The van der Waals surface area contributed by atoms with E-state index >= 15 is 0 Å². The Labute approximate surface area is 154 Å². The van der Waals surface area contributed by atoms with Gasteiger partial charge in [-0.05, 0) is 50.5 Å². The lowest BCUT2D eigenvalue weighted by atomic mass is 10.1. The Morgan fingerprint density at radius 3 is 2.62 bits per heavy atom. The lowest BCUT2D eigenvalue weighted by Crippen LogP contribution is -2.32. The van der Waals surface area contributed by atoms with E-state index < -0.39 is 16.1 Å². The summed E-state index contributed by atoms with van der Waals surface area (Å²) in [6.07, 6.45) is 2.53. The molecule has 1 heterocycles. The highest BCUT2D eigenvalue weighted by Crippen LogP contribution is 2.18. The van der Waals surface area contributed by atoms with E-state index in [1.54, 1.807) is 6.92 Å². The molecule has 0 spiro atoms. The van der Waals surface area contributed by atoms with Crippen LogP contribution in [0, 0.1) is 0 Å². The Balaban J connectivity index is 1.88. The largest absolute Gasteiger partial charge is 0.376 e. The number of benzene rings is 1. The second kappa shape index (κ2) is 9.43. The van der Waals surface area contributed by atoms with Gasteiger partial charge in [-0.1, -0.05) is 4.47 Å². The summed E-state index contributed by atoms with van der Waals surface area (Å²) < 4.78 is 36.2. The van der Waals surface area contributed by atoms with Gasteiger partial charge in [-0.25, -0.2) is 8.42 Å². The highest BCUT2D eigenvalue weighted by molar-refractivity contribution is 7.89. The average Bonchev–Trinajstić information content (AvgIpc) is 2.66. The van der Waals surface area contributed by atoms with Crippen molar-refractivity contribution in [1.82, 2.24) is 4.47 Å². The molecule has 0 bridgehead atoms. The van der Waals surface area contributed by atoms with Gasteiger partial charge in [-0.15, -0.1) is 0 Å². The molecule has 2 atom stereocenters. The fraction of sp³-hybridized carbons (Fsp3) is 0.588. The SMILES string of the molecule is CON(C)S(=O)(=O)c1ccc(NC(=O)C(C)OCC2CCCCO2)cc1. The maximum atomic E-state index is 12.2. The zero-order valence-corrected chi connectivity index (χ0v) is 16.1. The molecular formula is C17H26N2O6S. The van der Waals surface area contributed by atoms with E-state index in [9.17, 15) is 13.2 Å². The summed E-state index contributed by atoms with van der Waals surface area (Å²) in [6.45, 7) is 2.79. The van der Waals surface area contributed by atoms with Crippen LogP contribution in [0.3, 0.4) is 0 Å². The van der Waals surface area contributed by atoms with Crippen LogP contribution in [0.25, 0.3) is 0 Å². The number of nitrogens with zero attached hydrogens (tertiary/aromatic N) is 1. The third kappa shape index (κ3) is 5.49. The lowest BCUT2D eigenvalue weighted by molar-refractivity contribution is -0.130. The van der Waals surface area contributed by atoms with Crippen LogP contribution in [-0.2, 0) is 29.1 Å². The smallest absolute Gasteiger partial charge is 0.264 e. The van der Waals surface area contributed by atoms with Gasteiger partial charge >= 0.3 is 0 Å². The summed E-state index contributed by atoms with van der Waals surface area (Å²) in [5.41, 5.74) is 0.485. The van der Waals surface area contributed by atoms with Crippen molar-refractivity contribution >= 4 is 21.6 Å². The molecule has 1 aliphatic heterocycles. The Morgan fingerprint density at radius 2 is 2.04 bits per heavy atom. The van der Waals surface area contributed by atoms with Crippen LogP contribution in [0.5, 0.6) is 0 Å². The van der Waals surface area contributed by atoms with Crippen LogP contribution in [0.2, 0.25) is 0 Å². The molecule has 146 valence electrons. The van der Waals surface area contributed by atoms with Crippen molar-refractivity contribution < 1.29 is 27.5 Å². The molecule has 26 heavy (non-hydrogen) atoms. The molecule has 1 aromatic rings. The Kier molecular flexibility index (Phi) is 7.54. The van der Waals surface area contributed by atoms with Crippen molar-refractivity contribution in [2.24, 2.45) is 0 Å². The summed E-state index contributed by atoms with van der Waals surface area (Å²) in [6, 6.07) is 5.85. The minimum Gasteiger partial charge on any atom is -0.376 e. The van der Waals surface area contributed by atoms with E-state index in [-0.39, 0.29) is 16.9 Å². The molecule has 1 amide bonds. The second-order valence-corrected chi connectivity index (χ2v) is 8.01. The fourth-order valence-electron chi connectivity index (χ4n) is 2.47. The fourth-order valence-corrected chi connectivity index (χ4v) is 3.44. The van der Waals surface area contributed by atoms with E-state index in [1.165, 1.54) is 38.4 Å². The van der Waals surface area contributed by atoms with Crippen LogP contribution >= 0.6 is 0 Å². The maximum Gasteiger partial charge on any atom is 0.264 e. The first-order valence-electron chi connectivity index (χ1n) is 8.51.